The third-order valence-electron chi connectivity index (χ3n) is 3.39. The van der Waals surface area contributed by atoms with Crippen molar-refractivity contribution in [1.29, 1.82) is 0 Å². The molecule has 2 aromatic carbocycles. The second-order valence-corrected chi connectivity index (χ2v) is 4.94. The molecule has 0 aliphatic heterocycles. The van der Waals surface area contributed by atoms with Crippen molar-refractivity contribution in [3.63, 3.8) is 0 Å². The number of urea groups is 1. The summed E-state index contributed by atoms with van der Waals surface area (Å²) in [6, 6.07) is 12.2. The van der Waals surface area contributed by atoms with E-state index in [0.29, 0.717) is 13.1 Å². The smallest absolute Gasteiger partial charge is 0.314 e. The highest BCUT2D eigenvalue weighted by atomic mass is 16.5. The highest BCUT2D eigenvalue weighted by Gasteiger charge is 2.03. The number of hydrogen-bond acceptors (Lipinski definition) is 2. The van der Waals surface area contributed by atoms with E-state index in [1.807, 2.05) is 25.1 Å². The molecule has 0 heterocycles. The summed E-state index contributed by atoms with van der Waals surface area (Å²) in [7, 11) is 1.67. The van der Waals surface area contributed by atoms with Gasteiger partial charge in [-0.05, 0) is 41.3 Å². The molecule has 2 N–H and O–H groups in total. The van der Waals surface area contributed by atoms with Crippen molar-refractivity contribution in [2.24, 2.45) is 0 Å². The van der Waals surface area contributed by atoms with Gasteiger partial charge >= 0.3 is 6.03 Å². The minimum atomic E-state index is -0.0984. The Labute approximate surface area is 125 Å². The zero-order valence-electron chi connectivity index (χ0n) is 12.6. The van der Waals surface area contributed by atoms with Gasteiger partial charge in [-0.1, -0.05) is 31.2 Å². The van der Waals surface area contributed by atoms with E-state index in [-0.39, 0.29) is 6.03 Å². The molecular weight excluding hydrogens is 264 g/mol. The number of methoxy groups -OCH3 is 1. The van der Waals surface area contributed by atoms with Crippen LogP contribution in [-0.4, -0.2) is 26.2 Å². The van der Waals surface area contributed by atoms with Gasteiger partial charge in [-0.25, -0.2) is 4.79 Å². The van der Waals surface area contributed by atoms with Gasteiger partial charge < -0.3 is 15.4 Å². The van der Waals surface area contributed by atoms with Gasteiger partial charge in [0.2, 0.25) is 0 Å². The Morgan fingerprint density at radius 3 is 2.71 bits per heavy atom. The van der Waals surface area contributed by atoms with E-state index in [2.05, 4.69) is 28.8 Å². The SMILES string of the molecule is CCCNC(=O)NCCc1cccc2cc(OC)ccc12. The molecule has 4 heteroatoms. The normalized spacial score (nSPS) is 10.4. The van der Waals surface area contributed by atoms with Crippen molar-refractivity contribution >= 4 is 16.8 Å². The third kappa shape index (κ3) is 4.12. The largest absolute Gasteiger partial charge is 0.497 e. The fourth-order valence-electron chi connectivity index (χ4n) is 2.29. The Hall–Kier alpha value is -2.23. The lowest BCUT2D eigenvalue weighted by molar-refractivity contribution is 0.241. The minimum Gasteiger partial charge on any atom is -0.497 e. The number of carbonyl (C=O) groups excluding carboxylic acids is 1. The number of nitrogens with one attached hydrogen (secondary N) is 2. The highest BCUT2D eigenvalue weighted by Crippen LogP contribution is 2.23. The Kier molecular flexibility index (Phi) is 5.43. The van der Waals surface area contributed by atoms with Crippen molar-refractivity contribution in [2.45, 2.75) is 19.8 Å². The standard InChI is InChI=1S/C17H22N2O2/c1-3-10-18-17(20)19-11-9-13-5-4-6-14-12-15(21-2)7-8-16(13)14/h4-8,12H,3,9-11H2,1-2H3,(H2,18,19,20). The van der Waals surface area contributed by atoms with Gasteiger partial charge in [0, 0.05) is 13.1 Å². The maximum Gasteiger partial charge on any atom is 0.314 e. The van der Waals surface area contributed by atoms with Crippen LogP contribution in [-0.2, 0) is 6.42 Å². The van der Waals surface area contributed by atoms with E-state index in [0.717, 1.165) is 24.0 Å². The molecule has 0 atom stereocenters. The molecule has 0 radical (unpaired) electrons. The summed E-state index contributed by atoms with van der Waals surface area (Å²) < 4.78 is 5.25. The summed E-state index contributed by atoms with van der Waals surface area (Å²) in [6.45, 7) is 3.37. The molecule has 0 spiro atoms. The average Bonchev–Trinajstić information content (AvgIpc) is 2.52. The number of ether oxygens (including phenoxy) is 1. The molecule has 0 aliphatic rings. The molecule has 0 bridgehead atoms. The van der Waals surface area contributed by atoms with Crippen LogP contribution in [0.3, 0.4) is 0 Å². The molecule has 112 valence electrons. The van der Waals surface area contributed by atoms with Crippen molar-refractivity contribution in [1.82, 2.24) is 10.6 Å². The molecule has 4 nitrogen and oxygen atoms in total. The molecule has 0 aromatic heterocycles. The summed E-state index contributed by atoms with van der Waals surface area (Å²) in [5, 5.41) is 8.04. The van der Waals surface area contributed by atoms with Gasteiger partial charge in [-0.3, -0.25) is 0 Å². The first kappa shape index (κ1) is 15.2. The van der Waals surface area contributed by atoms with Crippen LogP contribution in [0.5, 0.6) is 5.75 Å². The van der Waals surface area contributed by atoms with Crippen LogP contribution < -0.4 is 15.4 Å². The average molecular weight is 286 g/mol. The van der Waals surface area contributed by atoms with Crippen LogP contribution >= 0.6 is 0 Å². The molecule has 2 amide bonds. The quantitative estimate of drug-likeness (QED) is 0.857. The molecule has 0 saturated carbocycles. The van der Waals surface area contributed by atoms with Crippen LogP contribution in [0.1, 0.15) is 18.9 Å². The Morgan fingerprint density at radius 2 is 1.95 bits per heavy atom. The highest BCUT2D eigenvalue weighted by molar-refractivity contribution is 5.87. The van der Waals surface area contributed by atoms with Crippen LogP contribution in [0.4, 0.5) is 4.79 Å². The molecule has 2 aromatic rings. The van der Waals surface area contributed by atoms with Crippen molar-refractivity contribution < 1.29 is 9.53 Å². The molecule has 0 aliphatic carbocycles. The van der Waals surface area contributed by atoms with Gasteiger partial charge in [-0.2, -0.15) is 0 Å². The van der Waals surface area contributed by atoms with Crippen molar-refractivity contribution in [2.75, 3.05) is 20.2 Å². The van der Waals surface area contributed by atoms with Gasteiger partial charge in [0.05, 0.1) is 7.11 Å². The van der Waals surface area contributed by atoms with Gasteiger partial charge in [0.15, 0.2) is 0 Å². The third-order valence-corrected chi connectivity index (χ3v) is 3.39. The van der Waals surface area contributed by atoms with Crippen LogP contribution in [0.25, 0.3) is 10.8 Å². The van der Waals surface area contributed by atoms with Crippen molar-refractivity contribution in [3.05, 3.63) is 42.0 Å². The lowest BCUT2D eigenvalue weighted by Gasteiger charge is -2.10. The summed E-state index contributed by atoms with van der Waals surface area (Å²) in [6.07, 6.45) is 1.75. The monoisotopic (exact) mass is 286 g/mol. The number of rotatable bonds is 6. The van der Waals surface area contributed by atoms with Crippen LogP contribution in [0.2, 0.25) is 0 Å². The summed E-state index contributed by atoms with van der Waals surface area (Å²) in [5.74, 6) is 0.858. The minimum absolute atomic E-state index is 0.0984. The zero-order valence-corrected chi connectivity index (χ0v) is 12.6. The fourth-order valence-corrected chi connectivity index (χ4v) is 2.29. The number of hydrogen-bond donors (Lipinski definition) is 2. The van der Waals surface area contributed by atoms with Gasteiger partial charge in [0.25, 0.3) is 0 Å². The Morgan fingerprint density at radius 1 is 1.14 bits per heavy atom. The predicted octanol–water partition coefficient (Wildman–Crippen LogP) is 3.10. The van der Waals surface area contributed by atoms with Gasteiger partial charge in [0.1, 0.15) is 5.75 Å². The molecule has 0 saturated heterocycles. The summed E-state index contributed by atoms with van der Waals surface area (Å²) in [5.41, 5.74) is 1.23. The number of benzene rings is 2. The van der Waals surface area contributed by atoms with E-state index in [4.69, 9.17) is 4.74 Å². The topological polar surface area (TPSA) is 50.4 Å². The number of amides is 2. The molecule has 0 unspecified atom stereocenters. The lowest BCUT2D eigenvalue weighted by Crippen LogP contribution is -2.36. The number of carbonyl (C=O) groups is 1. The van der Waals surface area contributed by atoms with Crippen LogP contribution in [0.15, 0.2) is 36.4 Å². The zero-order chi connectivity index (χ0) is 15.1. The lowest BCUT2D eigenvalue weighted by atomic mass is 10.0. The van der Waals surface area contributed by atoms with Crippen molar-refractivity contribution in [3.8, 4) is 5.75 Å². The number of fused-ring (bicyclic) bond motifs is 1. The second kappa shape index (κ2) is 7.53. The maximum atomic E-state index is 11.5. The fraction of sp³-hybridized carbons (Fsp3) is 0.353. The molecular formula is C17H22N2O2. The molecule has 21 heavy (non-hydrogen) atoms. The Bertz CT molecular complexity index is 611. The Balaban J connectivity index is 2.00. The molecule has 0 fully saturated rings. The first-order valence-corrected chi connectivity index (χ1v) is 7.32. The first-order valence-electron chi connectivity index (χ1n) is 7.32. The summed E-state index contributed by atoms with van der Waals surface area (Å²) >= 11 is 0. The van der Waals surface area contributed by atoms with E-state index < -0.39 is 0 Å². The molecule has 2 rings (SSSR count). The predicted molar refractivity (Wildman–Crippen MR) is 85.9 cm³/mol. The van der Waals surface area contributed by atoms with Crippen LogP contribution in [0, 0.1) is 0 Å². The van der Waals surface area contributed by atoms with E-state index in [1.54, 1.807) is 7.11 Å². The van der Waals surface area contributed by atoms with E-state index >= 15 is 0 Å². The second-order valence-electron chi connectivity index (χ2n) is 4.94. The summed E-state index contributed by atoms with van der Waals surface area (Å²) in [4.78, 5) is 11.5. The first-order chi connectivity index (χ1) is 10.2. The maximum absolute atomic E-state index is 11.5. The van der Waals surface area contributed by atoms with Gasteiger partial charge in [-0.15, -0.1) is 0 Å². The van der Waals surface area contributed by atoms with E-state index in [9.17, 15) is 4.79 Å². The van der Waals surface area contributed by atoms with E-state index in [1.165, 1.54) is 10.9 Å².